The molecule has 3 nitrogen and oxygen atoms in total. The molecule has 3 heterocycles. The Morgan fingerprint density at radius 1 is 0.365 bits per heavy atom. The number of alkyl halides is 6. The molecule has 7 rings (SSSR count). The summed E-state index contributed by atoms with van der Waals surface area (Å²) in [6.45, 7) is 2.07. The molecule has 0 atom stereocenters. The number of halogens is 6. The Labute approximate surface area is 296 Å². The molecule has 0 bridgehead atoms. The van der Waals surface area contributed by atoms with Gasteiger partial charge in [-0.25, -0.2) is 0 Å². The lowest BCUT2D eigenvalue weighted by Crippen LogP contribution is -2.05. The summed E-state index contributed by atoms with van der Waals surface area (Å²) in [5.41, 5.74) is 8.04. The first-order valence-corrected chi connectivity index (χ1v) is 16.4. The van der Waals surface area contributed by atoms with Crippen molar-refractivity contribution < 1.29 is 26.3 Å². The van der Waals surface area contributed by atoms with Crippen LogP contribution in [0.4, 0.5) is 26.3 Å². The lowest BCUT2D eigenvalue weighted by atomic mass is 9.90. The van der Waals surface area contributed by atoms with Gasteiger partial charge < -0.3 is 0 Å². The predicted octanol–water partition coefficient (Wildman–Crippen LogP) is 12.5. The third-order valence-corrected chi connectivity index (χ3v) is 8.85. The van der Waals surface area contributed by atoms with Gasteiger partial charge in [0.25, 0.3) is 0 Å². The molecule has 0 amide bonds. The van der Waals surface area contributed by atoms with E-state index < -0.39 is 23.5 Å². The minimum Gasteiger partial charge on any atom is -0.264 e. The molecule has 7 aromatic rings. The molecular formula is C43H29F6N3. The third kappa shape index (κ3) is 7.49. The van der Waals surface area contributed by atoms with Gasteiger partial charge in [-0.2, -0.15) is 26.3 Å². The van der Waals surface area contributed by atoms with Gasteiger partial charge in [0.15, 0.2) is 0 Å². The van der Waals surface area contributed by atoms with Crippen LogP contribution in [0.5, 0.6) is 0 Å². The van der Waals surface area contributed by atoms with Gasteiger partial charge in [-0.15, -0.1) is 0 Å². The van der Waals surface area contributed by atoms with Crippen LogP contribution in [0.3, 0.4) is 0 Å². The van der Waals surface area contributed by atoms with Crippen molar-refractivity contribution in [2.24, 2.45) is 0 Å². The highest BCUT2D eigenvalue weighted by molar-refractivity contribution is 5.85. The SMILES string of the molecule is CCc1cncc(-c2cccc(-c3cc(-c4cccc(-c5cncc(C(F)(F)F)c5)c4)cc(-c4cccc(-c5cncc(C(F)(F)F)c5)c4)c3)c2)c1. The van der Waals surface area contributed by atoms with Crippen LogP contribution in [0.2, 0.25) is 0 Å². The molecule has 0 radical (unpaired) electrons. The number of aryl methyl sites for hydroxylation is 1. The van der Waals surface area contributed by atoms with E-state index in [0.717, 1.165) is 81.0 Å². The Hall–Kier alpha value is -6.09. The number of hydrogen-bond acceptors (Lipinski definition) is 3. The van der Waals surface area contributed by atoms with Crippen molar-refractivity contribution >= 4 is 0 Å². The van der Waals surface area contributed by atoms with Gasteiger partial charge >= 0.3 is 12.4 Å². The summed E-state index contributed by atoms with van der Waals surface area (Å²) in [6.07, 6.45) is -0.160. The van der Waals surface area contributed by atoms with Gasteiger partial charge in [-0.1, -0.05) is 61.5 Å². The lowest BCUT2D eigenvalue weighted by molar-refractivity contribution is -0.138. The number of benzene rings is 4. The second-order valence-electron chi connectivity index (χ2n) is 12.4. The average Bonchev–Trinajstić information content (AvgIpc) is 3.17. The van der Waals surface area contributed by atoms with E-state index in [2.05, 4.69) is 34.0 Å². The minimum atomic E-state index is -4.54. The quantitative estimate of drug-likeness (QED) is 0.155. The zero-order valence-corrected chi connectivity index (χ0v) is 27.7. The molecule has 0 saturated carbocycles. The molecule has 3 aromatic heterocycles. The fraction of sp³-hybridized carbons (Fsp3) is 0.0930. The first kappa shape index (κ1) is 34.4. The van der Waals surface area contributed by atoms with Crippen LogP contribution >= 0.6 is 0 Å². The van der Waals surface area contributed by atoms with Crippen molar-refractivity contribution in [2.45, 2.75) is 25.7 Å². The number of pyridine rings is 3. The van der Waals surface area contributed by atoms with Crippen LogP contribution in [0.15, 0.2) is 146 Å². The van der Waals surface area contributed by atoms with E-state index in [0.29, 0.717) is 22.3 Å². The Kier molecular flexibility index (Phi) is 9.19. The van der Waals surface area contributed by atoms with Gasteiger partial charge in [-0.05, 0) is 117 Å². The average molecular weight is 702 g/mol. The van der Waals surface area contributed by atoms with E-state index in [-0.39, 0.29) is 0 Å². The summed E-state index contributed by atoms with van der Waals surface area (Å²) in [6, 6.07) is 32.8. The number of hydrogen-bond donors (Lipinski definition) is 0. The van der Waals surface area contributed by atoms with Crippen LogP contribution in [-0.4, -0.2) is 15.0 Å². The van der Waals surface area contributed by atoms with Gasteiger partial charge in [0, 0.05) is 53.9 Å². The van der Waals surface area contributed by atoms with Crippen molar-refractivity contribution in [3.05, 3.63) is 163 Å². The highest BCUT2D eigenvalue weighted by atomic mass is 19.4. The summed E-state index contributed by atoms with van der Waals surface area (Å²) >= 11 is 0. The molecule has 0 aliphatic heterocycles. The Morgan fingerprint density at radius 2 is 0.673 bits per heavy atom. The molecule has 4 aromatic carbocycles. The fourth-order valence-electron chi connectivity index (χ4n) is 6.11. The van der Waals surface area contributed by atoms with Crippen molar-refractivity contribution in [1.29, 1.82) is 0 Å². The summed E-state index contributed by atoms with van der Waals surface area (Å²) in [4.78, 5) is 12.1. The number of rotatable bonds is 7. The molecule has 0 saturated heterocycles. The molecule has 52 heavy (non-hydrogen) atoms. The van der Waals surface area contributed by atoms with Crippen molar-refractivity contribution in [3.63, 3.8) is 0 Å². The number of aromatic nitrogens is 3. The predicted molar refractivity (Wildman–Crippen MR) is 192 cm³/mol. The zero-order chi connectivity index (χ0) is 36.5. The van der Waals surface area contributed by atoms with E-state index in [4.69, 9.17) is 0 Å². The molecule has 0 aliphatic carbocycles. The molecule has 258 valence electrons. The number of nitrogens with zero attached hydrogens (tertiary/aromatic N) is 3. The van der Waals surface area contributed by atoms with E-state index in [1.165, 1.54) is 12.4 Å². The second-order valence-corrected chi connectivity index (χ2v) is 12.4. The smallest absolute Gasteiger partial charge is 0.264 e. The fourth-order valence-corrected chi connectivity index (χ4v) is 6.11. The molecule has 0 N–H and O–H groups in total. The monoisotopic (exact) mass is 701 g/mol. The Morgan fingerprint density at radius 3 is 1.02 bits per heavy atom. The summed E-state index contributed by atoms with van der Waals surface area (Å²) in [5.74, 6) is 0. The van der Waals surface area contributed by atoms with Crippen LogP contribution < -0.4 is 0 Å². The summed E-state index contributed by atoms with van der Waals surface area (Å²) in [7, 11) is 0. The highest BCUT2D eigenvalue weighted by Crippen LogP contribution is 2.38. The minimum absolute atomic E-state index is 0.325. The van der Waals surface area contributed by atoms with Gasteiger partial charge in [-0.3, -0.25) is 15.0 Å². The topological polar surface area (TPSA) is 38.7 Å². The molecule has 0 fully saturated rings. The van der Waals surface area contributed by atoms with Gasteiger partial charge in [0.1, 0.15) is 0 Å². The van der Waals surface area contributed by atoms with Gasteiger partial charge in [0.05, 0.1) is 11.1 Å². The largest absolute Gasteiger partial charge is 0.417 e. The normalized spacial score (nSPS) is 11.8. The molecule has 0 aliphatic rings. The summed E-state index contributed by atoms with van der Waals surface area (Å²) in [5, 5.41) is 0. The van der Waals surface area contributed by atoms with Crippen LogP contribution in [-0.2, 0) is 18.8 Å². The van der Waals surface area contributed by atoms with Crippen LogP contribution in [0.1, 0.15) is 23.6 Å². The highest BCUT2D eigenvalue weighted by Gasteiger charge is 2.32. The zero-order valence-electron chi connectivity index (χ0n) is 27.7. The molecule has 9 heteroatoms. The lowest BCUT2D eigenvalue weighted by Gasteiger charge is -2.14. The Bertz CT molecular complexity index is 2280. The maximum absolute atomic E-state index is 13.5. The molecule has 0 spiro atoms. The van der Waals surface area contributed by atoms with Crippen molar-refractivity contribution in [1.82, 2.24) is 15.0 Å². The van der Waals surface area contributed by atoms with Gasteiger partial charge in [0.2, 0.25) is 0 Å². The molecule has 0 unspecified atom stereocenters. The van der Waals surface area contributed by atoms with Crippen molar-refractivity contribution in [3.8, 4) is 66.8 Å². The van der Waals surface area contributed by atoms with E-state index in [1.807, 2.05) is 73.1 Å². The first-order valence-electron chi connectivity index (χ1n) is 16.4. The van der Waals surface area contributed by atoms with E-state index >= 15 is 0 Å². The Balaban J connectivity index is 1.36. The maximum Gasteiger partial charge on any atom is 0.417 e. The van der Waals surface area contributed by atoms with Crippen LogP contribution in [0, 0.1) is 0 Å². The second kappa shape index (κ2) is 13.9. The summed E-state index contributed by atoms with van der Waals surface area (Å²) < 4.78 is 81.2. The third-order valence-electron chi connectivity index (χ3n) is 8.85. The van der Waals surface area contributed by atoms with Crippen molar-refractivity contribution in [2.75, 3.05) is 0 Å². The first-order chi connectivity index (χ1) is 24.9. The van der Waals surface area contributed by atoms with Crippen LogP contribution in [0.25, 0.3) is 66.8 Å². The molecular weight excluding hydrogens is 672 g/mol. The standard InChI is InChI=1S/C43H29F6N3/c1-2-27-12-37(22-50-21-27)31-9-3-6-28(13-31)34-16-35(29-7-4-10-32(14-29)38-19-40(25-51-23-38)42(44,45)46)18-36(17-34)30-8-5-11-33(15-30)39-20-41(26-52-24-39)43(47,48)49/h3-26H,2H2,1H3. The van der Waals surface area contributed by atoms with E-state index in [1.54, 1.807) is 24.3 Å². The van der Waals surface area contributed by atoms with E-state index in [9.17, 15) is 26.3 Å². The maximum atomic E-state index is 13.5.